The number of Topliss-reactive ketones (excluding diaryl/α,β-unsaturated/α-hetero) is 2. The van der Waals surface area contributed by atoms with Crippen molar-refractivity contribution in [1.29, 1.82) is 0 Å². The van der Waals surface area contributed by atoms with Crippen molar-refractivity contribution < 1.29 is 14.7 Å². The Morgan fingerprint density at radius 3 is 2.35 bits per heavy atom. The van der Waals surface area contributed by atoms with Crippen molar-refractivity contribution >= 4 is 45.4 Å². The molecule has 31 heavy (non-hydrogen) atoms. The number of hydrogen-bond donors (Lipinski definition) is 2. The molecule has 5 nitrogen and oxygen atoms in total. The number of allylic oxidation sites excluding steroid dienone is 2. The standard InChI is InChI=1S/C24H13NO4S2/c26-15-10-9-11-5-1-2-6-12(11)16(15)17-18-19(27)13-7-3-4-8-14(13)20(28)21(18)30-23-22(17)31-24(29)25-23/h1-10,17,26H,(H,25,29)/t17-/m0/s1. The average molecular weight is 444 g/mol. The maximum atomic E-state index is 13.7. The van der Waals surface area contributed by atoms with Gasteiger partial charge in [-0.25, -0.2) is 0 Å². The average Bonchev–Trinajstić information content (AvgIpc) is 3.16. The highest BCUT2D eigenvalue weighted by Crippen LogP contribution is 2.54. The van der Waals surface area contributed by atoms with Gasteiger partial charge in [0.15, 0.2) is 5.78 Å². The summed E-state index contributed by atoms with van der Waals surface area (Å²) in [6.45, 7) is 0. The van der Waals surface area contributed by atoms with Crippen LogP contribution in [0.3, 0.4) is 0 Å². The molecule has 0 amide bonds. The zero-order valence-corrected chi connectivity index (χ0v) is 17.5. The number of ketones is 2. The molecular formula is C24H13NO4S2. The zero-order valence-electron chi connectivity index (χ0n) is 15.8. The molecule has 7 heteroatoms. The lowest BCUT2D eigenvalue weighted by Crippen LogP contribution is -2.27. The van der Waals surface area contributed by atoms with E-state index in [1.807, 2.05) is 30.3 Å². The van der Waals surface area contributed by atoms with Crippen LogP contribution >= 0.6 is 23.1 Å². The first kappa shape index (κ1) is 18.4. The van der Waals surface area contributed by atoms with Crippen molar-refractivity contribution in [3.05, 3.63) is 102 Å². The maximum absolute atomic E-state index is 13.7. The molecule has 0 spiro atoms. The zero-order chi connectivity index (χ0) is 21.3. The van der Waals surface area contributed by atoms with Crippen LogP contribution in [0.15, 0.2) is 81.0 Å². The number of thioether (sulfide) groups is 1. The molecule has 1 aliphatic carbocycles. The number of aromatic nitrogens is 1. The molecule has 0 saturated heterocycles. The molecule has 0 radical (unpaired) electrons. The molecule has 0 unspecified atom stereocenters. The van der Waals surface area contributed by atoms with Gasteiger partial charge in [0, 0.05) is 22.3 Å². The molecule has 0 bridgehead atoms. The van der Waals surface area contributed by atoms with Gasteiger partial charge in [0.2, 0.25) is 5.78 Å². The monoisotopic (exact) mass is 443 g/mol. The van der Waals surface area contributed by atoms with Crippen LogP contribution in [0, 0.1) is 0 Å². The second-order valence-corrected chi connectivity index (χ2v) is 9.44. The van der Waals surface area contributed by atoms with Crippen LogP contribution in [0.5, 0.6) is 5.75 Å². The summed E-state index contributed by atoms with van der Waals surface area (Å²) in [7, 11) is 0. The van der Waals surface area contributed by atoms with E-state index < -0.39 is 5.92 Å². The number of H-pyrrole nitrogens is 1. The number of thiazole rings is 1. The van der Waals surface area contributed by atoms with Crippen molar-refractivity contribution in [3.63, 3.8) is 0 Å². The molecule has 2 N–H and O–H groups in total. The number of rotatable bonds is 1. The Labute approximate surface area is 184 Å². The Kier molecular flexibility index (Phi) is 3.87. The van der Waals surface area contributed by atoms with Crippen LogP contribution in [0.25, 0.3) is 10.8 Å². The number of aromatic amines is 1. The number of nitrogens with one attached hydrogen (secondary N) is 1. The Bertz CT molecular complexity index is 1540. The summed E-state index contributed by atoms with van der Waals surface area (Å²) >= 11 is 2.14. The van der Waals surface area contributed by atoms with Crippen molar-refractivity contribution in [2.75, 3.05) is 0 Å². The number of fused-ring (bicyclic) bond motifs is 3. The molecule has 2 heterocycles. The number of phenols is 1. The Morgan fingerprint density at radius 1 is 0.839 bits per heavy atom. The normalized spacial score (nSPS) is 17.5. The van der Waals surface area contributed by atoms with Crippen molar-refractivity contribution in [2.45, 2.75) is 10.9 Å². The van der Waals surface area contributed by atoms with E-state index in [0.717, 1.165) is 33.9 Å². The van der Waals surface area contributed by atoms with Gasteiger partial charge >= 0.3 is 4.87 Å². The van der Waals surface area contributed by atoms with E-state index in [9.17, 15) is 19.5 Å². The minimum Gasteiger partial charge on any atom is -0.508 e. The highest BCUT2D eigenvalue weighted by molar-refractivity contribution is 8.04. The minimum atomic E-state index is -0.717. The predicted octanol–water partition coefficient (Wildman–Crippen LogP) is 4.87. The summed E-state index contributed by atoms with van der Waals surface area (Å²) in [5.74, 6) is -1.18. The molecular weight excluding hydrogens is 430 g/mol. The number of benzene rings is 3. The number of aromatic hydroxyl groups is 1. The summed E-state index contributed by atoms with van der Waals surface area (Å²) < 4.78 is 0. The molecule has 4 aromatic rings. The minimum absolute atomic E-state index is 0.0216. The Balaban J connectivity index is 1.72. The topological polar surface area (TPSA) is 87.2 Å². The quantitative estimate of drug-likeness (QED) is 0.438. The molecule has 2 aliphatic rings. The Morgan fingerprint density at radius 2 is 1.55 bits per heavy atom. The molecule has 6 rings (SSSR count). The fourth-order valence-electron chi connectivity index (χ4n) is 4.42. The van der Waals surface area contributed by atoms with Crippen LogP contribution in [-0.4, -0.2) is 21.7 Å². The lowest BCUT2D eigenvalue weighted by Gasteiger charge is -2.31. The third-order valence-corrected chi connectivity index (χ3v) is 7.96. The number of phenolic OH excluding ortho intramolecular Hbond substituents is 1. The van der Waals surface area contributed by atoms with Crippen molar-refractivity contribution in [2.24, 2.45) is 0 Å². The molecule has 0 fully saturated rings. The fourth-order valence-corrected chi connectivity index (χ4v) is 6.68. The summed E-state index contributed by atoms with van der Waals surface area (Å²) in [6, 6.07) is 17.7. The van der Waals surface area contributed by atoms with Crippen LogP contribution in [-0.2, 0) is 0 Å². The van der Waals surface area contributed by atoms with Crippen molar-refractivity contribution in [3.8, 4) is 5.75 Å². The van der Waals surface area contributed by atoms with E-state index in [4.69, 9.17) is 0 Å². The third-order valence-electron chi connectivity index (χ3n) is 5.75. The highest BCUT2D eigenvalue weighted by atomic mass is 32.2. The molecule has 0 saturated carbocycles. The van der Waals surface area contributed by atoms with E-state index >= 15 is 0 Å². The second kappa shape index (κ2) is 6.54. The molecule has 1 aromatic heterocycles. The van der Waals surface area contributed by atoms with E-state index in [1.165, 1.54) is 0 Å². The summed E-state index contributed by atoms with van der Waals surface area (Å²) in [5, 5.41) is 13.1. The van der Waals surface area contributed by atoms with Gasteiger partial charge in [-0.15, -0.1) is 0 Å². The number of carbonyl (C=O) groups excluding carboxylic acids is 2. The van der Waals surface area contributed by atoms with Gasteiger partial charge in [0.05, 0.1) is 20.7 Å². The number of hydrogen-bond acceptors (Lipinski definition) is 6. The largest absolute Gasteiger partial charge is 0.508 e. The van der Waals surface area contributed by atoms with Gasteiger partial charge in [-0.05, 0) is 16.8 Å². The smallest absolute Gasteiger partial charge is 0.305 e. The van der Waals surface area contributed by atoms with Gasteiger partial charge in [0.1, 0.15) is 5.75 Å². The SMILES string of the molecule is O=C1C2=C(C(=O)c3ccccc31)[C@H](c1c(O)ccc3ccccc13)c1sc(=O)[nH]c1S2. The fraction of sp³-hybridized carbons (Fsp3) is 0.0417. The van der Waals surface area contributed by atoms with E-state index in [0.29, 0.717) is 37.1 Å². The first-order chi connectivity index (χ1) is 15.0. The van der Waals surface area contributed by atoms with Gasteiger partial charge in [0.25, 0.3) is 0 Å². The van der Waals surface area contributed by atoms with Gasteiger partial charge in [-0.3, -0.25) is 14.4 Å². The Hall–Kier alpha value is -3.42. The molecule has 150 valence electrons. The number of carbonyl (C=O) groups is 2. The van der Waals surface area contributed by atoms with E-state index in [2.05, 4.69) is 4.98 Å². The summed E-state index contributed by atoms with van der Waals surface area (Å²) in [5.41, 5.74) is 1.56. The lowest BCUT2D eigenvalue weighted by atomic mass is 9.78. The molecule has 3 aromatic carbocycles. The van der Waals surface area contributed by atoms with E-state index in [-0.39, 0.29) is 22.2 Å². The first-order valence-corrected chi connectivity index (χ1v) is 11.2. The van der Waals surface area contributed by atoms with Crippen LogP contribution in [0.1, 0.15) is 37.1 Å². The third kappa shape index (κ3) is 2.54. The van der Waals surface area contributed by atoms with Crippen LogP contribution in [0.2, 0.25) is 0 Å². The molecule has 1 aliphatic heterocycles. The maximum Gasteiger partial charge on any atom is 0.305 e. The first-order valence-electron chi connectivity index (χ1n) is 9.58. The highest BCUT2D eigenvalue weighted by Gasteiger charge is 2.44. The van der Waals surface area contributed by atoms with Gasteiger partial charge in [-0.2, -0.15) is 0 Å². The van der Waals surface area contributed by atoms with Crippen molar-refractivity contribution in [1.82, 2.24) is 4.98 Å². The summed E-state index contributed by atoms with van der Waals surface area (Å²) in [4.78, 5) is 42.8. The van der Waals surface area contributed by atoms with Gasteiger partial charge < -0.3 is 10.1 Å². The second-order valence-electron chi connectivity index (χ2n) is 7.41. The molecule has 1 atom stereocenters. The van der Waals surface area contributed by atoms with E-state index in [1.54, 1.807) is 30.3 Å². The van der Waals surface area contributed by atoms with Gasteiger partial charge in [-0.1, -0.05) is 77.7 Å². The van der Waals surface area contributed by atoms with Crippen LogP contribution in [0.4, 0.5) is 0 Å². The predicted molar refractivity (Wildman–Crippen MR) is 120 cm³/mol. The lowest BCUT2D eigenvalue weighted by molar-refractivity contribution is 0.0977. The van der Waals surface area contributed by atoms with Crippen LogP contribution < -0.4 is 4.87 Å². The summed E-state index contributed by atoms with van der Waals surface area (Å²) in [6.07, 6.45) is 0.